The molecule has 5 rings (SSSR count). The van der Waals surface area contributed by atoms with Crippen LogP contribution in [-0.4, -0.2) is 61.2 Å². The molecule has 1 atom stereocenters. The first kappa shape index (κ1) is 22.7. The number of aromatic nitrogens is 5. The normalized spacial score (nSPS) is 19.5. The van der Waals surface area contributed by atoms with Gasteiger partial charge in [-0.2, -0.15) is 10.2 Å². The second kappa shape index (κ2) is 10.4. The molecule has 1 aromatic carbocycles. The van der Waals surface area contributed by atoms with E-state index in [-0.39, 0.29) is 6.17 Å². The molecule has 8 nitrogen and oxygen atoms in total. The first-order chi connectivity index (χ1) is 16.7. The summed E-state index contributed by atoms with van der Waals surface area (Å²) in [5, 5.41) is 19.3. The van der Waals surface area contributed by atoms with Crippen LogP contribution in [0.3, 0.4) is 0 Å². The van der Waals surface area contributed by atoms with Crippen LogP contribution >= 0.6 is 0 Å². The average Bonchev–Trinajstić information content (AvgIpc) is 3.53. The van der Waals surface area contributed by atoms with E-state index in [0.717, 1.165) is 29.8 Å². The Bertz CT molecular complexity index is 1090. The summed E-state index contributed by atoms with van der Waals surface area (Å²) >= 11 is 0. The van der Waals surface area contributed by atoms with Gasteiger partial charge in [-0.25, -0.2) is 4.99 Å². The topological polar surface area (TPSA) is 86.2 Å². The zero-order chi connectivity index (χ0) is 23.3. The minimum absolute atomic E-state index is 0.289. The molecule has 0 radical (unpaired) electrons. The number of unbranched alkanes of at least 4 members (excludes halogenated alkanes) is 1. The van der Waals surface area contributed by atoms with E-state index in [1.54, 1.807) is 6.20 Å². The van der Waals surface area contributed by atoms with Gasteiger partial charge in [-0.05, 0) is 48.1 Å². The number of hydrogen-bond acceptors (Lipinski definition) is 7. The van der Waals surface area contributed by atoms with Gasteiger partial charge in [0.1, 0.15) is 12.0 Å². The first-order valence-corrected chi connectivity index (χ1v) is 12.6. The minimum Gasteiger partial charge on any atom is -0.291 e. The van der Waals surface area contributed by atoms with Gasteiger partial charge in [0, 0.05) is 37.3 Å². The van der Waals surface area contributed by atoms with E-state index in [1.807, 2.05) is 12.1 Å². The molecule has 3 aromatic rings. The number of nitrogens with one attached hydrogen (secondary N) is 1. The van der Waals surface area contributed by atoms with Crippen LogP contribution in [0, 0.1) is 5.92 Å². The lowest BCUT2D eigenvalue weighted by atomic mass is 9.87. The van der Waals surface area contributed by atoms with Crippen LogP contribution in [0.25, 0.3) is 22.6 Å². The van der Waals surface area contributed by atoms with Crippen molar-refractivity contribution in [1.82, 2.24) is 35.6 Å². The quantitative estimate of drug-likeness (QED) is 0.525. The average molecular weight is 459 g/mol. The molecular weight excluding hydrogens is 424 g/mol. The Morgan fingerprint density at radius 2 is 1.88 bits per heavy atom. The predicted octanol–water partition coefficient (Wildman–Crippen LogP) is 4.74. The monoisotopic (exact) mass is 458 g/mol. The zero-order valence-corrected chi connectivity index (χ0v) is 20.2. The molecule has 3 heterocycles. The van der Waals surface area contributed by atoms with Crippen LogP contribution in [-0.2, 0) is 6.42 Å². The maximum atomic E-state index is 5.28. The largest absolute Gasteiger partial charge is 0.291 e. The maximum Gasteiger partial charge on any atom is 0.206 e. The number of aliphatic imine (C=N–C) groups is 1. The summed E-state index contributed by atoms with van der Waals surface area (Å²) in [5.74, 6) is 2.43. The van der Waals surface area contributed by atoms with Gasteiger partial charge in [-0.1, -0.05) is 56.9 Å². The van der Waals surface area contributed by atoms with Gasteiger partial charge in [0.15, 0.2) is 0 Å². The Kier molecular flexibility index (Phi) is 6.94. The number of pyridine rings is 1. The maximum absolute atomic E-state index is 5.28. The number of benzene rings is 1. The van der Waals surface area contributed by atoms with Gasteiger partial charge in [0.25, 0.3) is 0 Å². The minimum atomic E-state index is 0.289. The SMILES string of the molecule is CCCCN1C(Cc2ccc(-c3ncccc3-c3nn[nH]n3)cc2)=NC(C2CCCCC2)N1C. The van der Waals surface area contributed by atoms with E-state index in [4.69, 9.17) is 4.99 Å². The fourth-order valence-electron chi connectivity index (χ4n) is 5.26. The molecule has 8 heteroatoms. The molecule has 0 amide bonds. The molecule has 178 valence electrons. The lowest BCUT2D eigenvalue weighted by Gasteiger charge is -2.35. The molecule has 0 saturated heterocycles. The molecule has 2 aromatic heterocycles. The van der Waals surface area contributed by atoms with Crippen molar-refractivity contribution in [2.75, 3.05) is 13.6 Å². The number of rotatable bonds is 8. The third kappa shape index (κ3) is 4.73. The van der Waals surface area contributed by atoms with E-state index in [9.17, 15) is 0 Å². The Morgan fingerprint density at radius 3 is 2.62 bits per heavy atom. The standard InChI is InChI=1S/C26H34N8/c1-3-4-17-34-23(28-26(33(34)2)21-9-6-5-7-10-21)18-19-12-14-20(15-13-19)24-22(11-8-16-27-24)25-29-31-32-30-25/h8,11-16,21,26H,3-7,9-10,17-18H2,1-2H3,(H,29,30,31,32). The summed E-state index contributed by atoms with van der Waals surface area (Å²) < 4.78 is 0. The van der Waals surface area contributed by atoms with E-state index in [0.29, 0.717) is 11.7 Å². The zero-order valence-electron chi connectivity index (χ0n) is 20.2. The van der Waals surface area contributed by atoms with Crippen LogP contribution in [0.2, 0.25) is 0 Å². The molecule has 0 spiro atoms. The Hall–Kier alpha value is -3.13. The third-order valence-electron chi connectivity index (χ3n) is 7.12. The number of amidine groups is 1. The van der Waals surface area contributed by atoms with Crippen molar-refractivity contribution >= 4 is 5.84 Å². The lowest BCUT2D eigenvalue weighted by molar-refractivity contribution is 0.0207. The molecule has 1 aliphatic carbocycles. The van der Waals surface area contributed by atoms with Crippen LogP contribution in [0.5, 0.6) is 0 Å². The van der Waals surface area contributed by atoms with Gasteiger partial charge in [-0.15, -0.1) is 10.2 Å². The third-order valence-corrected chi connectivity index (χ3v) is 7.12. The molecule has 0 bridgehead atoms. The van der Waals surface area contributed by atoms with Gasteiger partial charge in [-0.3, -0.25) is 9.99 Å². The number of hydrazine groups is 1. The van der Waals surface area contributed by atoms with Crippen LogP contribution in [0.15, 0.2) is 47.6 Å². The molecule has 1 unspecified atom stereocenters. The van der Waals surface area contributed by atoms with Crippen molar-refractivity contribution in [3.05, 3.63) is 48.2 Å². The van der Waals surface area contributed by atoms with E-state index in [2.05, 4.69) is 73.9 Å². The smallest absolute Gasteiger partial charge is 0.206 e. The molecule has 1 N–H and O–H groups in total. The summed E-state index contributed by atoms with van der Waals surface area (Å²) in [5.41, 5.74) is 4.03. The lowest BCUT2D eigenvalue weighted by Crippen LogP contribution is -2.45. The summed E-state index contributed by atoms with van der Waals surface area (Å²) in [6, 6.07) is 12.5. The van der Waals surface area contributed by atoms with E-state index >= 15 is 0 Å². The van der Waals surface area contributed by atoms with Crippen molar-refractivity contribution in [3.8, 4) is 22.6 Å². The predicted molar refractivity (Wildman–Crippen MR) is 134 cm³/mol. The number of nitrogens with zero attached hydrogens (tertiary/aromatic N) is 7. The number of hydrogen-bond donors (Lipinski definition) is 1. The van der Waals surface area contributed by atoms with Crippen LogP contribution in [0.1, 0.15) is 57.4 Å². The molecule has 1 fully saturated rings. The molecule has 34 heavy (non-hydrogen) atoms. The van der Waals surface area contributed by atoms with Crippen LogP contribution in [0.4, 0.5) is 0 Å². The highest BCUT2D eigenvalue weighted by atomic mass is 15.7. The van der Waals surface area contributed by atoms with E-state index < -0.39 is 0 Å². The number of aromatic amines is 1. The summed E-state index contributed by atoms with van der Waals surface area (Å²) in [6.45, 7) is 3.29. The van der Waals surface area contributed by atoms with Gasteiger partial charge >= 0.3 is 0 Å². The fourth-order valence-corrected chi connectivity index (χ4v) is 5.26. The van der Waals surface area contributed by atoms with Gasteiger partial charge < -0.3 is 0 Å². The molecule has 1 aliphatic heterocycles. The Morgan fingerprint density at radius 1 is 1.06 bits per heavy atom. The second-order valence-corrected chi connectivity index (χ2v) is 9.42. The first-order valence-electron chi connectivity index (χ1n) is 12.6. The van der Waals surface area contributed by atoms with Crippen molar-refractivity contribution in [1.29, 1.82) is 0 Å². The summed E-state index contributed by atoms with van der Waals surface area (Å²) in [7, 11) is 2.23. The van der Waals surface area contributed by atoms with Crippen molar-refractivity contribution in [3.63, 3.8) is 0 Å². The van der Waals surface area contributed by atoms with Gasteiger partial charge in [0.2, 0.25) is 5.82 Å². The van der Waals surface area contributed by atoms with E-state index in [1.165, 1.54) is 56.3 Å². The highest BCUT2D eigenvalue weighted by Gasteiger charge is 2.36. The Labute approximate surface area is 201 Å². The molecule has 1 saturated carbocycles. The van der Waals surface area contributed by atoms with Crippen LogP contribution < -0.4 is 0 Å². The second-order valence-electron chi connectivity index (χ2n) is 9.42. The summed E-state index contributed by atoms with van der Waals surface area (Å²) in [6.07, 6.45) is 12.0. The highest BCUT2D eigenvalue weighted by molar-refractivity contribution is 5.86. The molecule has 2 aliphatic rings. The number of tetrazole rings is 1. The Balaban J connectivity index is 1.36. The van der Waals surface area contributed by atoms with Crippen molar-refractivity contribution in [2.24, 2.45) is 10.9 Å². The highest BCUT2D eigenvalue weighted by Crippen LogP contribution is 2.33. The molecular formula is C26H34N8. The van der Waals surface area contributed by atoms with Gasteiger partial charge in [0.05, 0.1) is 5.69 Å². The van der Waals surface area contributed by atoms with Crippen molar-refractivity contribution < 1.29 is 0 Å². The summed E-state index contributed by atoms with van der Waals surface area (Å²) in [4.78, 5) is 9.87. The van der Waals surface area contributed by atoms with Crippen molar-refractivity contribution in [2.45, 2.75) is 64.5 Å². The fraction of sp³-hybridized carbons (Fsp3) is 0.500. The number of H-pyrrole nitrogens is 1.